The van der Waals surface area contributed by atoms with Crippen LogP contribution in [-0.2, 0) is 11.3 Å². The second-order valence-electron chi connectivity index (χ2n) is 7.19. The van der Waals surface area contributed by atoms with Gasteiger partial charge in [-0.15, -0.1) is 0 Å². The zero-order valence-electron chi connectivity index (χ0n) is 13.9. The molecule has 2 fully saturated rings. The van der Waals surface area contributed by atoms with Crippen molar-refractivity contribution in [2.45, 2.75) is 57.2 Å². The molecule has 1 saturated heterocycles. The summed E-state index contributed by atoms with van der Waals surface area (Å²) in [4.78, 5) is 14.7. The molecule has 2 aliphatic rings. The molecule has 4 heteroatoms. The molecular formula is C19H29N3O. The number of rotatable bonds is 5. The molecule has 1 unspecified atom stereocenters. The zero-order valence-corrected chi connectivity index (χ0v) is 13.9. The van der Waals surface area contributed by atoms with Crippen LogP contribution in [-0.4, -0.2) is 36.0 Å². The Morgan fingerprint density at radius 1 is 1.17 bits per heavy atom. The van der Waals surface area contributed by atoms with Crippen molar-refractivity contribution in [2.75, 3.05) is 13.1 Å². The third kappa shape index (κ3) is 4.79. The number of carbonyl (C=O) groups is 1. The fourth-order valence-corrected chi connectivity index (χ4v) is 4.00. The van der Waals surface area contributed by atoms with E-state index in [1.54, 1.807) is 0 Å². The minimum Gasteiger partial charge on any atom is -0.352 e. The third-order valence-electron chi connectivity index (χ3n) is 5.29. The van der Waals surface area contributed by atoms with Crippen LogP contribution in [0.4, 0.5) is 0 Å². The van der Waals surface area contributed by atoms with Gasteiger partial charge in [0.05, 0.1) is 0 Å². The lowest BCUT2D eigenvalue weighted by Gasteiger charge is -2.33. The molecule has 1 aromatic rings. The zero-order chi connectivity index (χ0) is 16.1. The summed E-state index contributed by atoms with van der Waals surface area (Å²) in [5, 5.41) is 3.25. The Morgan fingerprint density at radius 3 is 2.74 bits per heavy atom. The van der Waals surface area contributed by atoms with Crippen molar-refractivity contribution in [3.05, 3.63) is 35.9 Å². The van der Waals surface area contributed by atoms with Crippen LogP contribution < -0.4 is 11.1 Å². The molecule has 1 aromatic carbocycles. The lowest BCUT2D eigenvalue weighted by atomic mass is 9.99. The summed E-state index contributed by atoms with van der Waals surface area (Å²) >= 11 is 0. The Bertz CT molecular complexity index is 505. The molecule has 3 atom stereocenters. The summed E-state index contributed by atoms with van der Waals surface area (Å²) in [5.41, 5.74) is 7.42. The lowest BCUT2D eigenvalue weighted by Crippen LogP contribution is -2.48. The maximum atomic E-state index is 12.3. The van der Waals surface area contributed by atoms with E-state index in [2.05, 4.69) is 40.5 Å². The van der Waals surface area contributed by atoms with E-state index < -0.39 is 0 Å². The summed E-state index contributed by atoms with van der Waals surface area (Å²) < 4.78 is 0. The first-order valence-electron chi connectivity index (χ1n) is 9.02. The van der Waals surface area contributed by atoms with Gasteiger partial charge in [-0.1, -0.05) is 36.8 Å². The monoisotopic (exact) mass is 315 g/mol. The van der Waals surface area contributed by atoms with Gasteiger partial charge in [0.15, 0.2) is 0 Å². The molecule has 1 heterocycles. The molecule has 0 aromatic heterocycles. The van der Waals surface area contributed by atoms with Gasteiger partial charge in [-0.2, -0.15) is 0 Å². The van der Waals surface area contributed by atoms with Crippen LogP contribution in [0.5, 0.6) is 0 Å². The topological polar surface area (TPSA) is 58.4 Å². The van der Waals surface area contributed by atoms with E-state index in [1.807, 2.05) is 0 Å². The maximum absolute atomic E-state index is 12.3. The van der Waals surface area contributed by atoms with Crippen LogP contribution in [0.15, 0.2) is 30.3 Å². The van der Waals surface area contributed by atoms with Gasteiger partial charge in [0.1, 0.15) is 0 Å². The van der Waals surface area contributed by atoms with Gasteiger partial charge >= 0.3 is 0 Å². The molecule has 1 aliphatic carbocycles. The van der Waals surface area contributed by atoms with Crippen LogP contribution in [0.3, 0.4) is 0 Å². The molecule has 1 saturated carbocycles. The molecule has 0 radical (unpaired) electrons. The van der Waals surface area contributed by atoms with Crippen molar-refractivity contribution in [3.63, 3.8) is 0 Å². The molecule has 4 nitrogen and oxygen atoms in total. The number of likely N-dealkylation sites (tertiary alicyclic amines) is 1. The molecule has 0 bridgehead atoms. The molecule has 3 rings (SSSR count). The molecule has 3 N–H and O–H groups in total. The van der Waals surface area contributed by atoms with E-state index in [0.29, 0.717) is 12.3 Å². The number of nitrogens with one attached hydrogen (secondary N) is 1. The molecule has 1 aliphatic heterocycles. The van der Waals surface area contributed by atoms with Crippen LogP contribution in [0.1, 0.15) is 44.1 Å². The average molecular weight is 315 g/mol. The number of piperidine rings is 1. The van der Waals surface area contributed by atoms with E-state index in [1.165, 1.54) is 12.0 Å². The van der Waals surface area contributed by atoms with Crippen LogP contribution in [0.25, 0.3) is 0 Å². The van der Waals surface area contributed by atoms with E-state index in [0.717, 1.165) is 45.3 Å². The summed E-state index contributed by atoms with van der Waals surface area (Å²) in [6.45, 7) is 3.05. The summed E-state index contributed by atoms with van der Waals surface area (Å²) in [5.74, 6) is 0.581. The first kappa shape index (κ1) is 16.5. The van der Waals surface area contributed by atoms with Gasteiger partial charge in [-0.05, 0) is 43.7 Å². The van der Waals surface area contributed by atoms with Gasteiger partial charge in [0, 0.05) is 31.6 Å². The first-order chi connectivity index (χ1) is 11.2. The quantitative estimate of drug-likeness (QED) is 0.876. The Kier molecular flexibility index (Phi) is 5.68. The van der Waals surface area contributed by atoms with Crippen LogP contribution in [0.2, 0.25) is 0 Å². The largest absolute Gasteiger partial charge is 0.352 e. The molecule has 1 amide bonds. The second-order valence-corrected chi connectivity index (χ2v) is 7.19. The Hall–Kier alpha value is -1.39. The molecule has 0 spiro atoms. The van der Waals surface area contributed by atoms with Gasteiger partial charge < -0.3 is 11.1 Å². The number of hydrogen-bond donors (Lipinski definition) is 2. The fourth-order valence-electron chi connectivity index (χ4n) is 4.00. The standard InChI is InChI=1S/C19H29N3O/c20-18-10-4-8-16(18)12-19(23)21-17-9-5-11-22(14-17)13-15-6-2-1-3-7-15/h1-3,6-7,16-18H,4-5,8-14,20H2,(H,21,23)/t16-,17?,18+/m0/s1. The smallest absolute Gasteiger partial charge is 0.220 e. The number of carbonyl (C=O) groups excluding carboxylic acids is 1. The molecule has 23 heavy (non-hydrogen) atoms. The van der Waals surface area contributed by atoms with E-state index in [9.17, 15) is 4.79 Å². The summed E-state index contributed by atoms with van der Waals surface area (Å²) in [7, 11) is 0. The highest BCUT2D eigenvalue weighted by Gasteiger charge is 2.27. The van der Waals surface area contributed by atoms with Gasteiger partial charge in [0.2, 0.25) is 5.91 Å². The number of amides is 1. The van der Waals surface area contributed by atoms with Crippen LogP contribution >= 0.6 is 0 Å². The van der Waals surface area contributed by atoms with Gasteiger partial charge in [0.25, 0.3) is 0 Å². The predicted molar refractivity (Wildman–Crippen MR) is 92.8 cm³/mol. The van der Waals surface area contributed by atoms with Crippen molar-refractivity contribution in [2.24, 2.45) is 11.7 Å². The Balaban J connectivity index is 1.45. The average Bonchev–Trinajstić information content (AvgIpc) is 2.93. The molecular weight excluding hydrogens is 286 g/mol. The second kappa shape index (κ2) is 7.93. The minimum atomic E-state index is 0.193. The molecule has 126 valence electrons. The Labute approximate surface area is 139 Å². The van der Waals surface area contributed by atoms with Crippen LogP contribution in [0, 0.1) is 5.92 Å². The summed E-state index contributed by atoms with van der Waals surface area (Å²) in [6, 6.07) is 11.1. The highest BCUT2D eigenvalue weighted by atomic mass is 16.1. The van der Waals surface area contributed by atoms with Gasteiger partial charge in [-0.25, -0.2) is 0 Å². The van der Waals surface area contributed by atoms with Crippen molar-refractivity contribution >= 4 is 5.91 Å². The van der Waals surface area contributed by atoms with Gasteiger partial charge in [-0.3, -0.25) is 9.69 Å². The third-order valence-corrected chi connectivity index (χ3v) is 5.29. The highest BCUT2D eigenvalue weighted by molar-refractivity contribution is 5.76. The van der Waals surface area contributed by atoms with Crippen molar-refractivity contribution in [3.8, 4) is 0 Å². The SMILES string of the molecule is N[C@@H]1CCC[C@H]1CC(=O)NC1CCCN(Cc2ccccc2)C1. The van der Waals surface area contributed by atoms with Crippen molar-refractivity contribution in [1.82, 2.24) is 10.2 Å². The number of nitrogens with two attached hydrogens (primary N) is 1. The summed E-state index contributed by atoms with van der Waals surface area (Å²) in [6.07, 6.45) is 6.21. The van der Waals surface area contributed by atoms with E-state index in [-0.39, 0.29) is 18.0 Å². The number of hydrogen-bond acceptors (Lipinski definition) is 3. The van der Waals surface area contributed by atoms with E-state index >= 15 is 0 Å². The fraction of sp³-hybridized carbons (Fsp3) is 0.632. The Morgan fingerprint density at radius 2 is 2.00 bits per heavy atom. The normalized spacial score (nSPS) is 28.7. The number of nitrogens with zero attached hydrogens (tertiary/aromatic N) is 1. The number of benzene rings is 1. The van der Waals surface area contributed by atoms with Crippen molar-refractivity contribution in [1.29, 1.82) is 0 Å². The highest BCUT2D eigenvalue weighted by Crippen LogP contribution is 2.26. The van der Waals surface area contributed by atoms with E-state index in [4.69, 9.17) is 5.73 Å². The van der Waals surface area contributed by atoms with Crippen molar-refractivity contribution < 1.29 is 4.79 Å². The first-order valence-corrected chi connectivity index (χ1v) is 9.02. The maximum Gasteiger partial charge on any atom is 0.220 e. The predicted octanol–water partition coefficient (Wildman–Crippen LogP) is 2.28. The minimum absolute atomic E-state index is 0.193. The lowest BCUT2D eigenvalue weighted by molar-refractivity contribution is -0.123.